The average Bonchev–Trinajstić information content (AvgIpc) is 2.73. The van der Waals surface area contributed by atoms with Crippen molar-refractivity contribution in [1.29, 1.82) is 0 Å². The molecule has 0 fully saturated rings. The number of hydrogen-bond donors (Lipinski definition) is 1. The highest BCUT2D eigenvalue weighted by atomic mass is 16.1. The van der Waals surface area contributed by atoms with Gasteiger partial charge in [-0.05, 0) is 19.0 Å². The van der Waals surface area contributed by atoms with E-state index in [0.717, 1.165) is 29.4 Å². The molecule has 1 aromatic carbocycles. The van der Waals surface area contributed by atoms with E-state index in [1.165, 1.54) is 0 Å². The minimum absolute atomic E-state index is 0.0826. The Morgan fingerprint density at radius 1 is 1.33 bits per heavy atom. The molecule has 0 aliphatic carbocycles. The Bertz CT molecular complexity index is 557. The second-order valence-electron chi connectivity index (χ2n) is 4.55. The molecule has 2 rings (SSSR count). The van der Waals surface area contributed by atoms with E-state index in [2.05, 4.69) is 5.32 Å². The number of hydrogen-bond acceptors (Lipinski definition) is 2. The molecule has 18 heavy (non-hydrogen) atoms. The lowest BCUT2D eigenvalue weighted by Gasteiger charge is -2.13. The maximum absolute atomic E-state index is 12.5. The first-order valence-corrected chi connectivity index (χ1v) is 6.50. The van der Waals surface area contributed by atoms with Gasteiger partial charge in [0.2, 0.25) is 0 Å². The zero-order chi connectivity index (χ0) is 13.1. The van der Waals surface area contributed by atoms with E-state index in [1.807, 2.05) is 55.9 Å². The number of carbonyl (C=O) groups is 1. The fourth-order valence-electron chi connectivity index (χ4n) is 2.39. The summed E-state index contributed by atoms with van der Waals surface area (Å²) in [6.07, 6.45) is 2.75. The molecule has 2 aromatic rings. The van der Waals surface area contributed by atoms with Gasteiger partial charge in [0.25, 0.3) is 0 Å². The van der Waals surface area contributed by atoms with E-state index in [0.29, 0.717) is 0 Å². The van der Waals surface area contributed by atoms with Gasteiger partial charge in [-0.3, -0.25) is 4.79 Å². The molecule has 96 valence electrons. The van der Waals surface area contributed by atoms with Crippen LogP contribution in [0.1, 0.15) is 30.6 Å². The molecule has 0 bridgehead atoms. The quantitative estimate of drug-likeness (QED) is 0.821. The second-order valence-corrected chi connectivity index (χ2v) is 4.55. The van der Waals surface area contributed by atoms with Crippen molar-refractivity contribution in [2.75, 3.05) is 6.54 Å². The second kappa shape index (κ2) is 5.36. The van der Waals surface area contributed by atoms with E-state index < -0.39 is 0 Å². The summed E-state index contributed by atoms with van der Waals surface area (Å²) in [5.41, 5.74) is 1.92. The Labute approximate surface area is 108 Å². The number of aryl methyl sites for hydroxylation is 1. The van der Waals surface area contributed by atoms with Gasteiger partial charge in [0.15, 0.2) is 5.78 Å². The van der Waals surface area contributed by atoms with Crippen molar-refractivity contribution in [1.82, 2.24) is 9.88 Å². The topological polar surface area (TPSA) is 34.0 Å². The predicted octanol–water partition coefficient (Wildman–Crippen LogP) is 2.75. The van der Waals surface area contributed by atoms with Crippen LogP contribution in [0.2, 0.25) is 0 Å². The number of ketones is 1. The lowest BCUT2D eigenvalue weighted by molar-refractivity contribution is 0.0943. The fraction of sp³-hybridized carbons (Fsp3) is 0.400. The molecule has 0 radical (unpaired) electrons. The number of rotatable bonds is 5. The molecule has 1 N–H and O–H groups in total. The van der Waals surface area contributed by atoms with Gasteiger partial charge in [0.1, 0.15) is 0 Å². The normalized spacial score (nSPS) is 12.8. The molecule has 1 heterocycles. The fourth-order valence-corrected chi connectivity index (χ4v) is 2.39. The van der Waals surface area contributed by atoms with Gasteiger partial charge in [0, 0.05) is 29.7 Å². The summed E-state index contributed by atoms with van der Waals surface area (Å²) in [5.74, 6) is 0.191. The maximum atomic E-state index is 12.5. The van der Waals surface area contributed by atoms with Crippen LogP contribution >= 0.6 is 0 Å². The minimum atomic E-state index is -0.0826. The van der Waals surface area contributed by atoms with Crippen molar-refractivity contribution in [3.05, 3.63) is 36.0 Å². The smallest absolute Gasteiger partial charge is 0.181 e. The lowest BCUT2D eigenvalue weighted by atomic mass is 10.0. The largest absolute Gasteiger partial charge is 0.350 e. The third-order valence-electron chi connectivity index (χ3n) is 3.34. The molecule has 0 aliphatic heterocycles. The number of nitrogens with one attached hydrogen (secondary N) is 1. The van der Waals surface area contributed by atoms with Crippen molar-refractivity contribution in [2.45, 2.75) is 26.3 Å². The van der Waals surface area contributed by atoms with Gasteiger partial charge in [-0.25, -0.2) is 0 Å². The van der Waals surface area contributed by atoms with E-state index >= 15 is 0 Å². The maximum Gasteiger partial charge on any atom is 0.181 e. The molecular formula is C15H20N2O. The van der Waals surface area contributed by atoms with E-state index in [9.17, 15) is 4.79 Å². The number of para-hydroxylation sites is 1. The molecule has 1 unspecified atom stereocenters. The van der Waals surface area contributed by atoms with Gasteiger partial charge in [0.05, 0.1) is 6.04 Å². The van der Waals surface area contributed by atoms with Crippen LogP contribution in [0.4, 0.5) is 0 Å². The molecule has 1 atom stereocenters. The Morgan fingerprint density at radius 2 is 2.06 bits per heavy atom. The number of Topliss-reactive ketones (excluding diaryl/α,β-unsaturated/α-hetero) is 1. The molecule has 0 spiro atoms. The Kier molecular flexibility index (Phi) is 3.82. The number of benzene rings is 1. The van der Waals surface area contributed by atoms with E-state index in [4.69, 9.17) is 0 Å². The Morgan fingerprint density at radius 3 is 2.72 bits per heavy atom. The van der Waals surface area contributed by atoms with Gasteiger partial charge >= 0.3 is 0 Å². The first-order valence-electron chi connectivity index (χ1n) is 6.50. The summed E-state index contributed by atoms with van der Waals surface area (Å²) in [7, 11) is 1.98. The van der Waals surface area contributed by atoms with Gasteiger partial charge in [-0.15, -0.1) is 0 Å². The molecular weight excluding hydrogens is 224 g/mol. The number of aromatic nitrogens is 1. The highest BCUT2D eigenvalue weighted by molar-refractivity contribution is 6.10. The summed E-state index contributed by atoms with van der Waals surface area (Å²) in [6.45, 7) is 4.88. The average molecular weight is 244 g/mol. The van der Waals surface area contributed by atoms with Crippen LogP contribution in [-0.4, -0.2) is 22.9 Å². The summed E-state index contributed by atoms with van der Waals surface area (Å²) >= 11 is 0. The van der Waals surface area contributed by atoms with E-state index in [1.54, 1.807) is 0 Å². The molecule has 0 saturated heterocycles. The first-order chi connectivity index (χ1) is 8.69. The van der Waals surface area contributed by atoms with Crippen LogP contribution < -0.4 is 5.32 Å². The van der Waals surface area contributed by atoms with Crippen LogP contribution in [0.25, 0.3) is 10.9 Å². The molecule has 1 aromatic heterocycles. The molecule has 3 nitrogen and oxygen atoms in total. The van der Waals surface area contributed by atoms with Crippen molar-refractivity contribution >= 4 is 16.7 Å². The first kappa shape index (κ1) is 12.8. The molecule has 0 aliphatic rings. The van der Waals surface area contributed by atoms with Crippen molar-refractivity contribution in [3.63, 3.8) is 0 Å². The van der Waals surface area contributed by atoms with Gasteiger partial charge in [-0.1, -0.05) is 32.0 Å². The van der Waals surface area contributed by atoms with Crippen LogP contribution in [-0.2, 0) is 7.05 Å². The number of likely N-dealkylation sites (N-methyl/N-ethyl adjacent to an activating group) is 1. The predicted molar refractivity (Wildman–Crippen MR) is 75.0 cm³/mol. The number of nitrogens with zero attached hydrogens (tertiary/aromatic N) is 1. The highest BCUT2D eigenvalue weighted by Gasteiger charge is 2.20. The standard InChI is InChI=1S/C15H20N2O/c1-4-13(16-5-2)15(18)12-10-17(3)14-9-7-6-8-11(12)14/h6-10,13,16H,4-5H2,1-3H3. The number of carbonyl (C=O) groups excluding carboxylic acids is 1. The highest BCUT2D eigenvalue weighted by Crippen LogP contribution is 2.22. The zero-order valence-corrected chi connectivity index (χ0v) is 11.2. The van der Waals surface area contributed by atoms with Crippen molar-refractivity contribution in [3.8, 4) is 0 Å². The van der Waals surface area contributed by atoms with Crippen LogP contribution in [0.3, 0.4) is 0 Å². The minimum Gasteiger partial charge on any atom is -0.350 e. The third-order valence-corrected chi connectivity index (χ3v) is 3.34. The zero-order valence-electron chi connectivity index (χ0n) is 11.2. The Balaban J connectivity index is 2.44. The molecule has 0 amide bonds. The summed E-state index contributed by atoms with van der Waals surface area (Å²) in [5, 5.41) is 4.29. The lowest BCUT2D eigenvalue weighted by Crippen LogP contribution is -2.35. The van der Waals surface area contributed by atoms with Crippen LogP contribution in [0.5, 0.6) is 0 Å². The monoisotopic (exact) mass is 244 g/mol. The van der Waals surface area contributed by atoms with Crippen LogP contribution in [0, 0.1) is 0 Å². The molecule has 0 saturated carbocycles. The van der Waals surface area contributed by atoms with Crippen LogP contribution in [0.15, 0.2) is 30.5 Å². The Hall–Kier alpha value is -1.61. The van der Waals surface area contributed by atoms with Crippen molar-refractivity contribution in [2.24, 2.45) is 7.05 Å². The van der Waals surface area contributed by atoms with Gasteiger partial charge in [-0.2, -0.15) is 0 Å². The third kappa shape index (κ3) is 2.18. The summed E-state index contributed by atoms with van der Waals surface area (Å²) < 4.78 is 2.02. The summed E-state index contributed by atoms with van der Waals surface area (Å²) in [6, 6.07) is 7.95. The van der Waals surface area contributed by atoms with E-state index in [-0.39, 0.29) is 11.8 Å². The molecule has 3 heteroatoms. The summed E-state index contributed by atoms with van der Waals surface area (Å²) in [4.78, 5) is 12.5. The SMILES string of the molecule is CCNC(CC)C(=O)c1cn(C)c2ccccc12. The number of fused-ring (bicyclic) bond motifs is 1. The van der Waals surface area contributed by atoms with Crippen molar-refractivity contribution < 1.29 is 4.79 Å². The van der Waals surface area contributed by atoms with Gasteiger partial charge < -0.3 is 9.88 Å².